The van der Waals surface area contributed by atoms with Crippen LogP contribution < -0.4 is 10.6 Å². The largest absolute Gasteiger partial charge is 0.422 e. The van der Waals surface area contributed by atoms with Crippen LogP contribution in [-0.2, 0) is 37.9 Å². The number of hydrogen-bond acceptors (Lipinski definition) is 23. The lowest BCUT2D eigenvalue weighted by molar-refractivity contribution is -0.324. The highest BCUT2D eigenvalue weighted by Crippen LogP contribution is 2.31. The van der Waals surface area contributed by atoms with Gasteiger partial charge in [0.05, 0.1) is 57.2 Å². The molecular weight excluding hydrogens is 975 g/mol. The molecule has 1 aromatic rings. The van der Waals surface area contributed by atoms with Crippen molar-refractivity contribution in [1.29, 1.82) is 0 Å². The number of nitrogens with zero attached hydrogens (tertiary/aromatic N) is 2. The van der Waals surface area contributed by atoms with Crippen LogP contribution in [0.15, 0.2) is 24.3 Å². The smallest absolute Gasteiger partial charge is 0.354 e. The molecular formula is C45H75BN4O23. The molecule has 1 aromatic carbocycles. The fraction of sp³-hybridized carbons (Fsp3) is 0.778. The molecule has 18 atom stereocenters. The molecule has 0 saturated carbocycles. The minimum Gasteiger partial charge on any atom is -0.422 e. The second-order valence-electron chi connectivity index (χ2n) is 20.4. The van der Waals surface area contributed by atoms with Crippen LogP contribution in [0.2, 0.25) is 0 Å². The van der Waals surface area contributed by atoms with Crippen LogP contribution in [0.25, 0.3) is 0 Å². The van der Waals surface area contributed by atoms with Crippen LogP contribution in [0, 0.1) is 0 Å². The molecule has 0 aliphatic carbocycles. The first-order valence-corrected chi connectivity index (χ1v) is 23.8. The lowest BCUT2D eigenvalue weighted by Gasteiger charge is -2.48. The van der Waals surface area contributed by atoms with Gasteiger partial charge in [-0.25, -0.2) is 0 Å². The summed E-state index contributed by atoms with van der Waals surface area (Å²) < 4.78 is 34.5. The molecule has 3 aliphatic rings. The number of carbonyl (C=O) groups is 4. The van der Waals surface area contributed by atoms with Gasteiger partial charge in [-0.15, -0.1) is 0 Å². The summed E-state index contributed by atoms with van der Waals surface area (Å²) in [6.07, 6.45) is -28.0. The van der Waals surface area contributed by atoms with Gasteiger partial charge in [-0.1, -0.05) is 6.07 Å². The SMILES string of the molecule is CC(O)C(OC(CO)[C@H](CO)OC1OC(CO)C(O)C(O)C1O)N(CC(=O)NC(C)(C)C)C(=O)c1cccc(C(=O)N(CC(=O)NC(C)(C)C)C2OC(CO)C(OB3[C@@H](C)OC(CO)C(O)[C@H]3O)C(O)C2O)c1. The van der Waals surface area contributed by atoms with Gasteiger partial charge in [-0.3, -0.25) is 19.2 Å². The maximum absolute atomic E-state index is 14.8. The van der Waals surface area contributed by atoms with Crippen LogP contribution in [0.1, 0.15) is 76.1 Å². The monoisotopic (exact) mass is 1050 g/mol. The number of ether oxygens (including phenoxy) is 5. The van der Waals surface area contributed by atoms with Gasteiger partial charge in [0, 0.05) is 22.2 Å². The lowest BCUT2D eigenvalue weighted by atomic mass is 9.53. The predicted octanol–water partition coefficient (Wildman–Crippen LogP) is -6.94. The number of carbonyl (C=O) groups excluding carboxylic acids is 4. The van der Waals surface area contributed by atoms with Crippen LogP contribution in [-0.4, -0.2) is 274 Å². The number of rotatable bonds is 21. The molecule has 0 radical (unpaired) electrons. The van der Waals surface area contributed by atoms with Crippen molar-refractivity contribution in [3.8, 4) is 0 Å². The first-order chi connectivity index (χ1) is 34.0. The fourth-order valence-corrected chi connectivity index (χ4v) is 8.51. The average Bonchev–Trinajstić information content (AvgIpc) is 3.32. The van der Waals surface area contributed by atoms with Crippen molar-refractivity contribution >= 4 is 30.5 Å². The molecule has 15 N–H and O–H groups in total. The summed E-state index contributed by atoms with van der Waals surface area (Å²) >= 11 is 0. The Kier molecular flexibility index (Phi) is 22.4. The van der Waals surface area contributed by atoms with E-state index in [2.05, 4.69) is 10.6 Å². The Morgan fingerprint density at radius 3 is 1.74 bits per heavy atom. The van der Waals surface area contributed by atoms with Gasteiger partial charge in [0.1, 0.15) is 80.2 Å². The Hall–Kier alpha value is -3.60. The van der Waals surface area contributed by atoms with E-state index in [4.69, 9.17) is 28.3 Å². The summed E-state index contributed by atoms with van der Waals surface area (Å²) in [7, 11) is 0. The molecule has 73 heavy (non-hydrogen) atoms. The van der Waals surface area contributed by atoms with Gasteiger partial charge in [0.2, 0.25) is 11.8 Å². The maximum Gasteiger partial charge on any atom is 0.354 e. The zero-order chi connectivity index (χ0) is 55.0. The number of aliphatic hydroxyl groups excluding tert-OH is 13. The molecule has 3 fully saturated rings. The second kappa shape index (κ2) is 26.4. The summed E-state index contributed by atoms with van der Waals surface area (Å²) in [6, 6.07) is 2.02. The van der Waals surface area contributed by atoms with Gasteiger partial charge < -0.3 is 115 Å². The molecule has 4 rings (SSSR count). The molecule has 4 amide bonds. The highest BCUT2D eigenvalue weighted by atomic mass is 16.7. The van der Waals surface area contributed by atoms with E-state index >= 15 is 0 Å². The molecule has 15 unspecified atom stereocenters. The zero-order valence-electron chi connectivity index (χ0n) is 42.0. The molecule has 0 aromatic heterocycles. The van der Waals surface area contributed by atoms with E-state index in [9.17, 15) is 85.6 Å². The van der Waals surface area contributed by atoms with Crippen molar-refractivity contribution in [2.45, 2.75) is 177 Å². The standard InChI is InChI=1S/C45H75BN4O23/c1-20(56)41(69-24(15-51)25(16-52)71-43-36(64)33(61)31(59)26(17-53)72-43)49(13-29(57)47-44(3,4)5)39(66)22-10-9-11-23(12-22)40(67)50(14-30(58)48-45(6,7)8)42-35(63)34(62)37(28(19-55)70-42)73-46-21(2)68-27(18-54)32(60)38(46)65/h9-12,20-21,24-28,31-38,41-43,51-56,59-65H,13-19H2,1-8H3,(H,47,57)(H,48,58)/t20?,21-,24?,25+,26?,27?,28?,31?,32?,33?,34?,35?,36?,37?,38-,41?,42?,43?/m1/s1. The zero-order valence-corrected chi connectivity index (χ0v) is 42.0. The molecule has 0 spiro atoms. The predicted molar refractivity (Wildman–Crippen MR) is 249 cm³/mol. The van der Waals surface area contributed by atoms with Crippen molar-refractivity contribution in [2.24, 2.45) is 0 Å². The molecule has 3 saturated heterocycles. The van der Waals surface area contributed by atoms with Gasteiger partial charge in [-0.2, -0.15) is 0 Å². The molecule has 0 bridgehead atoms. The summed E-state index contributed by atoms with van der Waals surface area (Å²) in [5, 5.41) is 143. The van der Waals surface area contributed by atoms with E-state index in [0.717, 1.165) is 22.8 Å². The Bertz CT molecular complexity index is 1960. The van der Waals surface area contributed by atoms with E-state index < -0.39 is 198 Å². The average molecular weight is 1050 g/mol. The number of hydrogen-bond donors (Lipinski definition) is 15. The first kappa shape index (κ1) is 61.9. The molecule has 3 aliphatic heterocycles. The van der Waals surface area contributed by atoms with Crippen LogP contribution in [0.3, 0.4) is 0 Å². The van der Waals surface area contributed by atoms with Crippen molar-refractivity contribution in [3.63, 3.8) is 0 Å². The third kappa shape index (κ3) is 15.7. The summed E-state index contributed by atoms with van der Waals surface area (Å²) in [4.78, 5) is 58.1. The Morgan fingerprint density at radius 1 is 0.685 bits per heavy atom. The summed E-state index contributed by atoms with van der Waals surface area (Å²) in [5.41, 5.74) is -2.43. The Morgan fingerprint density at radius 2 is 1.22 bits per heavy atom. The Labute approximate surface area is 422 Å². The molecule has 416 valence electrons. The van der Waals surface area contributed by atoms with Gasteiger partial charge in [0.15, 0.2) is 18.7 Å². The van der Waals surface area contributed by atoms with E-state index in [-0.39, 0.29) is 11.1 Å². The third-order valence-corrected chi connectivity index (χ3v) is 12.1. The van der Waals surface area contributed by atoms with E-state index in [0.29, 0.717) is 0 Å². The third-order valence-electron chi connectivity index (χ3n) is 12.1. The van der Waals surface area contributed by atoms with Gasteiger partial charge in [-0.05, 0) is 73.6 Å². The second-order valence-corrected chi connectivity index (χ2v) is 20.4. The van der Waals surface area contributed by atoms with E-state index in [1.54, 1.807) is 41.5 Å². The number of amides is 4. The highest BCUT2D eigenvalue weighted by Gasteiger charge is 2.54. The van der Waals surface area contributed by atoms with Gasteiger partial charge >= 0.3 is 6.92 Å². The van der Waals surface area contributed by atoms with Crippen LogP contribution in [0.4, 0.5) is 0 Å². The van der Waals surface area contributed by atoms with Gasteiger partial charge in [0.25, 0.3) is 11.8 Å². The van der Waals surface area contributed by atoms with E-state index in [1.807, 2.05) is 0 Å². The quantitative estimate of drug-likeness (QED) is 0.0402. The minimum absolute atomic E-state index is 0.348. The molecule has 3 heterocycles. The fourth-order valence-electron chi connectivity index (χ4n) is 8.51. The topological polar surface area (TPSA) is 417 Å². The summed E-state index contributed by atoms with van der Waals surface area (Å²) in [5.74, 6) is -3.75. The molecule has 27 nitrogen and oxygen atoms in total. The highest BCUT2D eigenvalue weighted by molar-refractivity contribution is 6.55. The van der Waals surface area contributed by atoms with Crippen molar-refractivity contribution in [1.82, 2.24) is 20.4 Å². The number of benzene rings is 1. The number of aliphatic hydroxyl groups is 13. The lowest BCUT2D eigenvalue weighted by Crippen LogP contribution is -2.69. The van der Waals surface area contributed by atoms with Crippen molar-refractivity contribution < 1.29 is 114 Å². The Balaban J connectivity index is 1.72. The van der Waals surface area contributed by atoms with Crippen LogP contribution in [0.5, 0.6) is 0 Å². The van der Waals surface area contributed by atoms with E-state index in [1.165, 1.54) is 25.1 Å². The van der Waals surface area contributed by atoms with Crippen molar-refractivity contribution in [3.05, 3.63) is 35.4 Å². The first-order valence-electron chi connectivity index (χ1n) is 23.8. The minimum atomic E-state index is -2.11. The van der Waals surface area contributed by atoms with Crippen molar-refractivity contribution in [2.75, 3.05) is 46.1 Å². The number of nitrogens with one attached hydrogen (secondary N) is 2. The summed E-state index contributed by atoms with van der Waals surface area (Å²) in [6.45, 7) is 4.96. The maximum atomic E-state index is 14.8. The van der Waals surface area contributed by atoms with Crippen LogP contribution >= 0.6 is 0 Å². The molecule has 28 heteroatoms. The normalized spacial score (nSPS) is 31.7.